The number of oxazole rings is 1. The monoisotopic (exact) mass is 441 g/mol. The standard InChI is InChI=1S/C19H12IN3O2/c20-14-5-3-12(4-6-14)18(24)22-15-7-8-17-16(10-15)23-19(25-17)13-2-1-9-21-11-13/h1-11H,(H,22,24). The van der Waals surface area contributed by atoms with Gasteiger partial charge in [-0.1, -0.05) is 0 Å². The fourth-order valence-corrected chi connectivity index (χ4v) is 2.78. The van der Waals surface area contributed by atoms with Crippen molar-refractivity contribution < 1.29 is 9.21 Å². The quantitative estimate of drug-likeness (QED) is 0.466. The first kappa shape index (κ1) is 15.8. The molecule has 0 aliphatic carbocycles. The van der Waals surface area contributed by atoms with Gasteiger partial charge in [0.2, 0.25) is 5.89 Å². The van der Waals surface area contributed by atoms with E-state index in [-0.39, 0.29) is 5.91 Å². The van der Waals surface area contributed by atoms with Gasteiger partial charge >= 0.3 is 0 Å². The summed E-state index contributed by atoms with van der Waals surface area (Å²) in [6, 6.07) is 16.5. The minimum atomic E-state index is -0.160. The average Bonchev–Trinajstić information content (AvgIpc) is 3.06. The number of amides is 1. The summed E-state index contributed by atoms with van der Waals surface area (Å²) in [5, 5.41) is 2.88. The molecule has 0 spiro atoms. The Morgan fingerprint density at radius 2 is 1.92 bits per heavy atom. The minimum Gasteiger partial charge on any atom is -0.436 e. The van der Waals surface area contributed by atoms with Crippen molar-refractivity contribution in [2.45, 2.75) is 0 Å². The van der Waals surface area contributed by atoms with Crippen molar-refractivity contribution in [3.8, 4) is 11.5 Å². The lowest BCUT2D eigenvalue weighted by Crippen LogP contribution is -2.11. The highest BCUT2D eigenvalue weighted by Crippen LogP contribution is 2.25. The Hall–Kier alpha value is -2.74. The van der Waals surface area contributed by atoms with Crippen molar-refractivity contribution >= 4 is 45.3 Å². The Bertz CT molecular complexity index is 1040. The largest absolute Gasteiger partial charge is 0.436 e. The van der Waals surface area contributed by atoms with E-state index in [4.69, 9.17) is 4.42 Å². The lowest BCUT2D eigenvalue weighted by Gasteiger charge is -2.05. The topological polar surface area (TPSA) is 68.0 Å². The second-order valence-corrected chi connectivity index (χ2v) is 6.65. The number of nitrogens with zero attached hydrogens (tertiary/aromatic N) is 2. The van der Waals surface area contributed by atoms with Crippen molar-refractivity contribution in [3.63, 3.8) is 0 Å². The molecule has 0 saturated carbocycles. The van der Waals surface area contributed by atoms with Crippen molar-refractivity contribution in [3.05, 3.63) is 76.1 Å². The van der Waals surface area contributed by atoms with E-state index in [1.165, 1.54) is 0 Å². The summed E-state index contributed by atoms with van der Waals surface area (Å²) >= 11 is 2.21. The molecule has 0 unspecified atom stereocenters. The molecule has 2 aromatic carbocycles. The van der Waals surface area contributed by atoms with Crippen LogP contribution in [-0.4, -0.2) is 15.9 Å². The number of hydrogen-bond donors (Lipinski definition) is 1. The molecule has 0 radical (unpaired) electrons. The molecule has 25 heavy (non-hydrogen) atoms. The van der Waals surface area contributed by atoms with Crippen LogP contribution >= 0.6 is 22.6 Å². The maximum atomic E-state index is 12.3. The van der Waals surface area contributed by atoms with Gasteiger partial charge in [-0.2, -0.15) is 0 Å². The molecular weight excluding hydrogens is 429 g/mol. The molecule has 2 heterocycles. The van der Waals surface area contributed by atoms with Crippen LogP contribution in [0, 0.1) is 3.57 Å². The van der Waals surface area contributed by atoms with Crippen LogP contribution in [0.15, 0.2) is 71.4 Å². The zero-order chi connectivity index (χ0) is 17.2. The lowest BCUT2D eigenvalue weighted by atomic mass is 10.2. The molecule has 1 amide bonds. The summed E-state index contributed by atoms with van der Waals surface area (Å²) in [5.74, 6) is 0.343. The molecule has 2 aromatic heterocycles. The number of benzene rings is 2. The third-order valence-corrected chi connectivity index (χ3v) is 4.38. The predicted molar refractivity (Wildman–Crippen MR) is 104 cm³/mol. The third kappa shape index (κ3) is 3.39. The Labute approximate surface area is 157 Å². The van der Waals surface area contributed by atoms with Gasteiger partial charge in [-0.25, -0.2) is 4.98 Å². The van der Waals surface area contributed by atoms with Crippen LogP contribution in [0.4, 0.5) is 5.69 Å². The molecule has 0 bridgehead atoms. The van der Waals surface area contributed by atoms with Gasteiger partial charge in [-0.15, -0.1) is 0 Å². The maximum Gasteiger partial charge on any atom is 0.255 e. The lowest BCUT2D eigenvalue weighted by molar-refractivity contribution is 0.102. The highest BCUT2D eigenvalue weighted by atomic mass is 127. The molecule has 0 aliphatic rings. The van der Waals surface area contributed by atoms with Crippen molar-refractivity contribution in [2.24, 2.45) is 0 Å². The first-order valence-corrected chi connectivity index (χ1v) is 8.65. The van der Waals surface area contributed by atoms with Crippen LogP contribution in [0.1, 0.15) is 10.4 Å². The van der Waals surface area contributed by atoms with E-state index in [9.17, 15) is 4.79 Å². The van der Waals surface area contributed by atoms with Crippen molar-refractivity contribution in [2.75, 3.05) is 5.32 Å². The van der Waals surface area contributed by atoms with Crippen LogP contribution < -0.4 is 5.32 Å². The zero-order valence-electron chi connectivity index (χ0n) is 12.9. The van der Waals surface area contributed by atoms with Crippen LogP contribution in [0.25, 0.3) is 22.6 Å². The van der Waals surface area contributed by atoms with E-state index >= 15 is 0 Å². The number of carbonyl (C=O) groups excluding carboxylic acids is 1. The summed E-state index contributed by atoms with van der Waals surface area (Å²) < 4.78 is 6.83. The number of fused-ring (bicyclic) bond motifs is 1. The highest BCUT2D eigenvalue weighted by molar-refractivity contribution is 14.1. The Kier molecular flexibility index (Phi) is 4.19. The van der Waals surface area contributed by atoms with Crippen LogP contribution in [0.2, 0.25) is 0 Å². The molecular formula is C19H12IN3O2. The summed E-state index contributed by atoms with van der Waals surface area (Å²) in [5.41, 5.74) is 3.42. The number of pyridine rings is 1. The van der Waals surface area contributed by atoms with E-state index in [0.717, 1.165) is 9.13 Å². The second kappa shape index (κ2) is 6.64. The van der Waals surface area contributed by atoms with E-state index in [1.54, 1.807) is 42.7 Å². The van der Waals surface area contributed by atoms with Gasteiger partial charge in [-0.05, 0) is 77.2 Å². The van der Waals surface area contributed by atoms with Gasteiger partial charge in [-0.3, -0.25) is 9.78 Å². The van der Waals surface area contributed by atoms with Crippen LogP contribution in [0.3, 0.4) is 0 Å². The molecule has 4 aromatic rings. The molecule has 122 valence electrons. The summed E-state index contributed by atoms with van der Waals surface area (Å²) in [6.07, 6.45) is 3.40. The number of rotatable bonds is 3. The van der Waals surface area contributed by atoms with Crippen LogP contribution in [-0.2, 0) is 0 Å². The fourth-order valence-electron chi connectivity index (χ4n) is 2.42. The van der Waals surface area contributed by atoms with E-state index in [2.05, 4.69) is 37.9 Å². The minimum absolute atomic E-state index is 0.160. The predicted octanol–water partition coefficient (Wildman–Crippen LogP) is 4.75. The van der Waals surface area contributed by atoms with Gasteiger partial charge in [0.25, 0.3) is 5.91 Å². The SMILES string of the molecule is O=C(Nc1ccc2oc(-c3cccnc3)nc2c1)c1ccc(I)cc1. The smallest absolute Gasteiger partial charge is 0.255 e. The van der Waals surface area contributed by atoms with Crippen molar-refractivity contribution in [1.29, 1.82) is 0 Å². The van der Waals surface area contributed by atoms with E-state index in [1.807, 2.05) is 24.3 Å². The van der Waals surface area contributed by atoms with E-state index in [0.29, 0.717) is 28.2 Å². The highest BCUT2D eigenvalue weighted by Gasteiger charge is 2.11. The summed E-state index contributed by atoms with van der Waals surface area (Å²) in [7, 11) is 0. The molecule has 4 rings (SSSR count). The van der Waals surface area contributed by atoms with Crippen LogP contribution in [0.5, 0.6) is 0 Å². The molecule has 6 heteroatoms. The average molecular weight is 441 g/mol. The Morgan fingerprint density at radius 3 is 2.68 bits per heavy atom. The fraction of sp³-hybridized carbons (Fsp3) is 0. The number of halogens is 1. The van der Waals surface area contributed by atoms with Crippen molar-refractivity contribution in [1.82, 2.24) is 9.97 Å². The third-order valence-electron chi connectivity index (χ3n) is 3.66. The van der Waals surface area contributed by atoms with E-state index < -0.39 is 0 Å². The zero-order valence-corrected chi connectivity index (χ0v) is 15.1. The van der Waals surface area contributed by atoms with Gasteiger partial charge in [0.1, 0.15) is 5.52 Å². The normalized spacial score (nSPS) is 10.8. The van der Waals surface area contributed by atoms with Gasteiger partial charge in [0, 0.05) is 27.2 Å². The Morgan fingerprint density at radius 1 is 1.08 bits per heavy atom. The van der Waals surface area contributed by atoms with Gasteiger partial charge in [0.05, 0.1) is 5.56 Å². The second-order valence-electron chi connectivity index (χ2n) is 5.40. The molecule has 0 aliphatic heterocycles. The summed E-state index contributed by atoms with van der Waals surface area (Å²) in [6.45, 7) is 0. The number of hydrogen-bond acceptors (Lipinski definition) is 4. The number of anilines is 1. The molecule has 0 fully saturated rings. The molecule has 5 nitrogen and oxygen atoms in total. The van der Waals surface area contributed by atoms with Gasteiger partial charge < -0.3 is 9.73 Å². The maximum absolute atomic E-state index is 12.3. The Balaban J connectivity index is 1.61. The molecule has 0 atom stereocenters. The number of aromatic nitrogens is 2. The molecule has 1 N–H and O–H groups in total. The molecule has 0 saturated heterocycles. The van der Waals surface area contributed by atoms with Gasteiger partial charge in [0.15, 0.2) is 5.58 Å². The first-order valence-electron chi connectivity index (χ1n) is 7.57. The first-order chi connectivity index (χ1) is 12.2. The number of carbonyl (C=O) groups is 1. The number of nitrogens with one attached hydrogen (secondary N) is 1. The summed E-state index contributed by atoms with van der Waals surface area (Å²) in [4.78, 5) is 20.9.